The number of hydrogen-bond acceptors (Lipinski definition) is 8. The summed E-state index contributed by atoms with van der Waals surface area (Å²) in [4.78, 5) is 27.9. The Morgan fingerprint density at radius 2 is 1.88 bits per heavy atom. The molecule has 12 atom stereocenters. The van der Waals surface area contributed by atoms with Crippen LogP contribution in [0.4, 0.5) is 5.69 Å². The zero-order chi connectivity index (χ0) is 29.6. The summed E-state index contributed by atoms with van der Waals surface area (Å²) in [6.45, 7) is 5.67. The molecule has 0 aromatic heterocycles. The van der Waals surface area contributed by atoms with Gasteiger partial charge in [0, 0.05) is 75.8 Å². The average Bonchev–Trinajstić information content (AvgIpc) is 3.45. The van der Waals surface area contributed by atoms with E-state index in [0.717, 1.165) is 38.8 Å². The van der Waals surface area contributed by atoms with E-state index in [2.05, 4.69) is 17.1 Å². The van der Waals surface area contributed by atoms with Gasteiger partial charge in [-0.15, -0.1) is 0 Å². The van der Waals surface area contributed by atoms with Gasteiger partial charge < -0.3 is 29.4 Å². The van der Waals surface area contributed by atoms with Crippen molar-refractivity contribution in [2.75, 3.05) is 46.3 Å². The van der Waals surface area contributed by atoms with E-state index in [9.17, 15) is 14.7 Å². The normalized spacial score (nSPS) is 46.4. The first kappa shape index (κ1) is 28.7. The van der Waals surface area contributed by atoms with E-state index >= 15 is 0 Å². The summed E-state index contributed by atoms with van der Waals surface area (Å²) in [5.74, 6) is 0.221. The van der Waals surface area contributed by atoms with Gasteiger partial charge in [0.1, 0.15) is 0 Å². The molecule has 0 radical (unpaired) electrons. The zero-order valence-corrected chi connectivity index (χ0v) is 25.5. The lowest BCUT2D eigenvalue weighted by molar-refractivity contribution is -0.277. The topological polar surface area (TPSA) is 107 Å². The Labute approximate surface area is 248 Å². The van der Waals surface area contributed by atoms with Crippen molar-refractivity contribution in [2.45, 2.75) is 75.9 Å². The highest BCUT2D eigenvalue weighted by molar-refractivity contribution is 6.00. The van der Waals surface area contributed by atoms with Gasteiger partial charge in [0.25, 0.3) is 0 Å². The molecule has 9 nitrogen and oxygen atoms in total. The summed E-state index contributed by atoms with van der Waals surface area (Å²) in [6, 6.07) is 7.24. The molecule has 7 bridgehead atoms. The largest absolute Gasteiger partial charge is 0.461 e. The first-order valence-corrected chi connectivity index (χ1v) is 15.8. The standard InChI is InChI=1S/C33H46N2O7/c1-6-35-16-31(17-42-30(37)19-9-7-8-10-23(19)34-18(2)36)12-11-26(40-4)33-21-13-20-24(39-3)15-32(38,27(21)28(20)41-5)22(29(33)35)14-25(31)33/h7-10,20-22,24-29,38H,6,11-17H2,1-5H3,(H,34,36)/t20-,21-,22+,24+,25-,26?,27-,28+,29-,31+,32+,33-/m1/s1. The SMILES string of the molecule is CCN1C[C@]2(COC(=O)c3ccccc3NC(C)=O)CCC(OC)[C@@]34[C@@H]5C[C@H]6[C@H](OC)[C@@H]5[C@](O)(C[C@@H]6OC)[C@@H](C[C@H]23)[C@@H]14. The highest BCUT2D eigenvalue weighted by atomic mass is 16.5. The summed E-state index contributed by atoms with van der Waals surface area (Å²) in [5, 5.41) is 15.6. The summed E-state index contributed by atoms with van der Waals surface area (Å²) in [7, 11) is 5.43. The third-order valence-electron chi connectivity index (χ3n) is 12.9. The van der Waals surface area contributed by atoms with Gasteiger partial charge in [0.2, 0.25) is 5.91 Å². The number of benzene rings is 1. The number of para-hydroxylation sites is 1. The van der Waals surface area contributed by atoms with Crippen LogP contribution in [0.15, 0.2) is 24.3 Å². The van der Waals surface area contributed by atoms with Crippen molar-refractivity contribution < 1.29 is 33.6 Å². The van der Waals surface area contributed by atoms with Gasteiger partial charge in [-0.1, -0.05) is 19.1 Å². The average molecular weight is 583 g/mol. The zero-order valence-electron chi connectivity index (χ0n) is 25.5. The maximum Gasteiger partial charge on any atom is 0.340 e. The summed E-state index contributed by atoms with van der Waals surface area (Å²) < 4.78 is 24.9. The Morgan fingerprint density at radius 3 is 2.57 bits per heavy atom. The number of carbonyl (C=O) groups excluding carboxylic acids is 2. The minimum absolute atomic E-state index is 0.0224. The van der Waals surface area contributed by atoms with Crippen molar-refractivity contribution in [3.05, 3.63) is 29.8 Å². The smallest absolute Gasteiger partial charge is 0.340 e. The Balaban J connectivity index is 1.29. The van der Waals surface area contributed by atoms with Crippen molar-refractivity contribution >= 4 is 17.6 Å². The molecule has 2 N–H and O–H groups in total. The number of methoxy groups -OCH3 is 3. The molecule has 1 amide bonds. The molecule has 1 aliphatic heterocycles. The number of anilines is 1. The molecule has 9 heteroatoms. The first-order chi connectivity index (χ1) is 20.2. The molecule has 1 heterocycles. The van der Waals surface area contributed by atoms with Crippen LogP contribution in [-0.2, 0) is 23.7 Å². The number of carbonyl (C=O) groups is 2. The molecule has 1 aromatic rings. The van der Waals surface area contributed by atoms with Gasteiger partial charge >= 0.3 is 5.97 Å². The second-order valence-electron chi connectivity index (χ2n) is 14.0. The fraction of sp³-hybridized carbons (Fsp3) is 0.758. The highest BCUT2D eigenvalue weighted by Gasteiger charge is 2.84. The van der Waals surface area contributed by atoms with Gasteiger partial charge in [-0.25, -0.2) is 4.79 Å². The quantitative estimate of drug-likeness (QED) is 0.450. The Bertz CT molecular complexity index is 1260. The summed E-state index contributed by atoms with van der Waals surface area (Å²) in [6.07, 6.45) is 4.33. The lowest BCUT2D eigenvalue weighted by Crippen LogP contribution is -2.76. The first-order valence-electron chi connectivity index (χ1n) is 15.8. The number of hydrogen-bond donors (Lipinski definition) is 2. The molecular formula is C33H46N2O7. The molecule has 1 spiro atoms. The van der Waals surface area contributed by atoms with Crippen molar-refractivity contribution in [1.29, 1.82) is 0 Å². The van der Waals surface area contributed by atoms with E-state index in [1.807, 2.05) is 7.11 Å². The monoisotopic (exact) mass is 582 g/mol. The van der Waals surface area contributed by atoms with Gasteiger partial charge in [-0.05, 0) is 56.2 Å². The predicted molar refractivity (Wildman–Crippen MR) is 155 cm³/mol. The van der Waals surface area contributed by atoms with Crippen LogP contribution in [0.25, 0.3) is 0 Å². The highest BCUT2D eigenvalue weighted by Crippen LogP contribution is 2.79. The number of nitrogens with zero attached hydrogens (tertiary/aromatic N) is 1. The molecule has 230 valence electrons. The van der Waals surface area contributed by atoms with Crippen molar-refractivity contribution in [3.8, 4) is 0 Å². The fourth-order valence-corrected chi connectivity index (χ4v) is 11.9. The minimum Gasteiger partial charge on any atom is -0.461 e. The molecule has 1 unspecified atom stereocenters. The number of aliphatic hydroxyl groups is 1. The molecule has 5 aliphatic carbocycles. The maximum atomic E-state index is 13.6. The Kier molecular flexibility index (Phi) is 6.83. The van der Waals surface area contributed by atoms with Gasteiger partial charge in [-0.3, -0.25) is 9.69 Å². The van der Waals surface area contributed by atoms with E-state index in [-0.39, 0.29) is 70.7 Å². The van der Waals surface area contributed by atoms with Gasteiger partial charge in [-0.2, -0.15) is 0 Å². The van der Waals surface area contributed by atoms with Crippen molar-refractivity contribution in [3.63, 3.8) is 0 Å². The molecule has 1 aromatic carbocycles. The van der Waals surface area contributed by atoms with Gasteiger partial charge in [0.15, 0.2) is 0 Å². The molecular weight excluding hydrogens is 536 g/mol. The Hall–Kier alpha value is -2.04. The molecule has 5 saturated carbocycles. The number of ether oxygens (including phenoxy) is 4. The third kappa shape index (κ3) is 3.54. The van der Waals surface area contributed by atoms with Crippen LogP contribution in [0.5, 0.6) is 0 Å². The van der Waals surface area contributed by atoms with E-state index in [4.69, 9.17) is 18.9 Å². The lowest BCUT2D eigenvalue weighted by Gasteiger charge is -2.69. The van der Waals surface area contributed by atoms with Crippen LogP contribution in [0.2, 0.25) is 0 Å². The number of piperidine rings is 1. The second kappa shape index (κ2) is 9.99. The lowest BCUT2D eigenvalue weighted by atomic mass is 9.43. The van der Waals surface area contributed by atoms with E-state index in [0.29, 0.717) is 24.3 Å². The number of fused-ring (bicyclic) bond motifs is 2. The minimum atomic E-state index is -0.873. The number of amides is 1. The van der Waals surface area contributed by atoms with E-state index in [1.165, 1.54) is 6.92 Å². The predicted octanol–water partition coefficient (Wildman–Crippen LogP) is 3.35. The Morgan fingerprint density at radius 1 is 1.10 bits per heavy atom. The molecule has 6 fully saturated rings. The third-order valence-corrected chi connectivity index (χ3v) is 12.9. The number of nitrogens with one attached hydrogen (secondary N) is 1. The van der Waals surface area contributed by atoms with Crippen LogP contribution >= 0.6 is 0 Å². The molecule has 7 rings (SSSR count). The maximum absolute atomic E-state index is 13.6. The van der Waals surface area contributed by atoms with Crippen LogP contribution in [0.3, 0.4) is 0 Å². The van der Waals surface area contributed by atoms with Gasteiger partial charge in [0.05, 0.1) is 41.8 Å². The number of rotatable bonds is 8. The van der Waals surface area contributed by atoms with Crippen LogP contribution < -0.4 is 5.32 Å². The summed E-state index contributed by atoms with van der Waals surface area (Å²) in [5.41, 5.74) is -0.440. The molecule has 1 saturated heterocycles. The van der Waals surface area contributed by atoms with Crippen LogP contribution in [-0.4, -0.2) is 92.9 Å². The number of esters is 1. The number of likely N-dealkylation sites (tertiary alicyclic amines) is 1. The van der Waals surface area contributed by atoms with Crippen LogP contribution in [0.1, 0.15) is 56.3 Å². The van der Waals surface area contributed by atoms with Crippen LogP contribution in [0, 0.1) is 40.4 Å². The second-order valence-corrected chi connectivity index (χ2v) is 14.0. The van der Waals surface area contributed by atoms with E-state index < -0.39 is 11.6 Å². The summed E-state index contributed by atoms with van der Waals surface area (Å²) >= 11 is 0. The molecule has 6 aliphatic rings. The fourth-order valence-electron chi connectivity index (χ4n) is 11.9. The van der Waals surface area contributed by atoms with Crippen molar-refractivity contribution in [2.24, 2.45) is 40.4 Å². The molecule has 42 heavy (non-hydrogen) atoms. The van der Waals surface area contributed by atoms with Crippen molar-refractivity contribution in [1.82, 2.24) is 4.90 Å². The van der Waals surface area contributed by atoms with E-state index in [1.54, 1.807) is 38.5 Å².